The number of benzene rings is 3. The van der Waals surface area contributed by atoms with Gasteiger partial charge >= 0.3 is 0 Å². The number of allylic oxidation sites excluding steroid dienone is 1. The zero-order valence-electron chi connectivity index (χ0n) is 20.3. The van der Waals surface area contributed by atoms with Gasteiger partial charge in [0.05, 0.1) is 0 Å². The van der Waals surface area contributed by atoms with Crippen LogP contribution in [0, 0.1) is 11.7 Å². The highest BCUT2D eigenvalue weighted by Crippen LogP contribution is 2.48. The third-order valence-electron chi connectivity index (χ3n) is 8.90. The molecule has 0 radical (unpaired) electrons. The van der Waals surface area contributed by atoms with Gasteiger partial charge in [-0.25, -0.2) is 4.39 Å². The predicted octanol–water partition coefficient (Wildman–Crippen LogP) is 7.00. The molecule has 2 aliphatic carbocycles. The number of rotatable bonds is 4. The summed E-state index contributed by atoms with van der Waals surface area (Å²) in [5.41, 5.74) is 5.64. The Morgan fingerprint density at radius 3 is 2.40 bits per heavy atom. The molecule has 0 amide bonds. The quantitative estimate of drug-likeness (QED) is 0.387. The summed E-state index contributed by atoms with van der Waals surface area (Å²) in [5, 5.41) is 0. The molecule has 35 heavy (non-hydrogen) atoms. The number of carbonyl (C=O) groups is 1. The average molecular weight is 466 g/mol. The topological polar surface area (TPSA) is 20.3 Å². The molecule has 1 spiro atoms. The molecule has 6 rings (SSSR count). The number of hydrogen-bond acceptors (Lipinski definition) is 2. The molecule has 3 unspecified atom stereocenters. The fourth-order valence-electron chi connectivity index (χ4n) is 6.82. The minimum absolute atomic E-state index is 0.0559. The van der Waals surface area contributed by atoms with Crippen LogP contribution in [0.15, 0.2) is 78.9 Å². The summed E-state index contributed by atoms with van der Waals surface area (Å²) in [6.45, 7) is 4.74. The second-order valence-corrected chi connectivity index (χ2v) is 10.7. The number of fused-ring (bicyclic) bond motifs is 2. The van der Waals surface area contributed by atoms with Crippen LogP contribution in [0.3, 0.4) is 0 Å². The van der Waals surface area contributed by atoms with Crippen molar-refractivity contribution in [3.05, 3.63) is 113 Å². The molecule has 1 saturated heterocycles. The predicted molar refractivity (Wildman–Crippen MR) is 139 cm³/mol. The van der Waals surface area contributed by atoms with Gasteiger partial charge in [-0.1, -0.05) is 67.6 Å². The normalized spacial score (nSPS) is 27.9. The van der Waals surface area contributed by atoms with Crippen LogP contribution in [-0.2, 0) is 5.41 Å². The SMILES string of the molecule is C[C@H]1CN(C2CCC(c3ccc(C(=O)c4ccc(F)cc4)cc3)C2)CCC12C=Cc1ccccc12. The zero-order valence-corrected chi connectivity index (χ0v) is 20.3. The number of piperidine rings is 1. The van der Waals surface area contributed by atoms with E-state index < -0.39 is 0 Å². The second kappa shape index (κ2) is 8.87. The van der Waals surface area contributed by atoms with Crippen molar-refractivity contribution < 1.29 is 9.18 Å². The third kappa shape index (κ3) is 3.96. The number of carbonyl (C=O) groups excluding carboxylic acids is 1. The van der Waals surface area contributed by atoms with Gasteiger partial charge in [-0.15, -0.1) is 0 Å². The summed E-state index contributed by atoms with van der Waals surface area (Å²) in [6, 6.07) is 23.5. The van der Waals surface area contributed by atoms with E-state index in [1.807, 2.05) is 12.1 Å². The summed E-state index contributed by atoms with van der Waals surface area (Å²) in [6.07, 6.45) is 9.64. The first-order chi connectivity index (χ1) is 17.0. The largest absolute Gasteiger partial charge is 0.300 e. The molecule has 4 atom stereocenters. The number of likely N-dealkylation sites (tertiary alicyclic amines) is 1. The summed E-state index contributed by atoms with van der Waals surface area (Å²) in [7, 11) is 0. The minimum atomic E-state index is -0.324. The molecule has 1 aliphatic heterocycles. The highest BCUT2D eigenvalue weighted by molar-refractivity contribution is 6.08. The lowest BCUT2D eigenvalue weighted by atomic mass is 9.68. The second-order valence-electron chi connectivity index (χ2n) is 10.7. The Hall–Kier alpha value is -3.04. The summed E-state index contributed by atoms with van der Waals surface area (Å²) in [4.78, 5) is 15.5. The smallest absolute Gasteiger partial charge is 0.193 e. The maximum atomic E-state index is 13.2. The molecule has 3 aromatic rings. The summed E-state index contributed by atoms with van der Waals surface area (Å²) >= 11 is 0. The van der Waals surface area contributed by atoms with Crippen molar-refractivity contribution >= 4 is 11.9 Å². The van der Waals surface area contributed by atoms with Crippen LogP contribution in [0.2, 0.25) is 0 Å². The number of nitrogens with zero attached hydrogens (tertiary/aromatic N) is 1. The van der Waals surface area contributed by atoms with Crippen LogP contribution in [0.4, 0.5) is 4.39 Å². The molecule has 1 heterocycles. The molecule has 3 aromatic carbocycles. The molecule has 0 bridgehead atoms. The Balaban J connectivity index is 1.10. The van der Waals surface area contributed by atoms with E-state index in [9.17, 15) is 9.18 Å². The van der Waals surface area contributed by atoms with Crippen molar-refractivity contribution in [2.75, 3.05) is 13.1 Å². The van der Waals surface area contributed by atoms with Crippen molar-refractivity contribution in [3.8, 4) is 0 Å². The van der Waals surface area contributed by atoms with E-state index in [2.05, 4.69) is 60.4 Å². The van der Waals surface area contributed by atoms with Gasteiger partial charge in [-0.05, 0) is 85.0 Å². The van der Waals surface area contributed by atoms with E-state index >= 15 is 0 Å². The highest BCUT2D eigenvalue weighted by Gasteiger charge is 2.45. The van der Waals surface area contributed by atoms with E-state index in [1.54, 1.807) is 12.1 Å². The van der Waals surface area contributed by atoms with Gasteiger partial charge in [0.1, 0.15) is 5.82 Å². The lowest BCUT2D eigenvalue weighted by Gasteiger charge is -2.46. The van der Waals surface area contributed by atoms with Crippen LogP contribution in [0.5, 0.6) is 0 Å². The standard InChI is InChI=1S/C32H32FNO/c1-22-21-34(19-18-32(22)17-16-24-4-2-3-5-30(24)32)29-15-12-27(20-29)23-6-8-25(9-7-23)31(35)26-10-13-28(33)14-11-26/h2-11,13-14,16-17,22,27,29H,12,15,18-21H2,1H3/t22-,27?,29?,32?/m0/s1. The van der Waals surface area contributed by atoms with E-state index in [-0.39, 0.29) is 17.0 Å². The number of hydrogen-bond donors (Lipinski definition) is 0. The Kier molecular flexibility index (Phi) is 5.69. The van der Waals surface area contributed by atoms with Crippen molar-refractivity contribution in [2.24, 2.45) is 5.92 Å². The van der Waals surface area contributed by atoms with E-state index in [4.69, 9.17) is 0 Å². The maximum absolute atomic E-state index is 13.2. The van der Waals surface area contributed by atoms with Gasteiger partial charge in [0.15, 0.2) is 5.78 Å². The molecule has 0 N–H and O–H groups in total. The van der Waals surface area contributed by atoms with Crippen LogP contribution in [0.1, 0.15) is 71.1 Å². The Bertz CT molecular complexity index is 1260. The monoisotopic (exact) mass is 465 g/mol. The first-order valence-corrected chi connectivity index (χ1v) is 13.0. The summed E-state index contributed by atoms with van der Waals surface area (Å²) < 4.78 is 13.2. The van der Waals surface area contributed by atoms with Crippen molar-refractivity contribution in [1.82, 2.24) is 4.90 Å². The Labute approximate surface area is 207 Å². The Morgan fingerprint density at radius 2 is 1.66 bits per heavy atom. The fourth-order valence-corrected chi connectivity index (χ4v) is 6.82. The molecule has 3 aliphatic rings. The first kappa shape index (κ1) is 22.4. The maximum Gasteiger partial charge on any atom is 0.193 e. The van der Waals surface area contributed by atoms with Gasteiger partial charge in [0.25, 0.3) is 0 Å². The molecule has 178 valence electrons. The first-order valence-electron chi connectivity index (χ1n) is 13.0. The Morgan fingerprint density at radius 1 is 0.943 bits per heavy atom. The minimum Gasteiger partial charge on any atom is -0.300 e. The van der Waals surface area contributed by atoms with E-state index in [1.165, 1.54) is 54.5 Å². The van der Waals surface area contributed by atoms with E-state index in [0.717, 1.165) is 13.1 Å². The van der Waals surface area contributed by atoms with Crippen LogP contribution < -0.4 is 0 Å². The van der Waals surface area contributed by atoms with E-state index in [0.29, 0.717) is 29.0 Å². The lowest BCUT2D eigenvalue weighted by molar-refractivity contribution is 0.0898. The van der Waals surface area contributed by atoms with Gasteiger partial charge in [-0.3, -0.25) is 4.79 Å². The van der Waals surface area contributed by atoms with Crippen molar-refractivity contribution in [2.45, 2.75) is 50.0 Å². The van der Waals surface area contributed by atoms with Gasteiger partial charge < -0.3 is 4.90 Å². The molecular weight excluding hydrogens is 433 g/mol. The molecular formula is C32H32FNO. The zero-order chi connectivity index (χ0) is 24.0. The van der Waals surface area contributed by atoms with Crippen LogP contribution in [0.25, 0.3) is 6.08 Å². The molecule has 3 heteroatoms. The van der Waals surface area contributed by atoms with Crippen molar-refractivity contribution in [3.63, 3.8) is 0 Å². The molecule has 1 saturated carbocycles. The molecule has 2 nitrogen and oxygen atoms in total. The summed E-state index contributed by atoms with van der Waals surface area (Å²) in [5.74, 6) is 0.773. The highest BCUT2D eigenvalue weighted by atomic mass is 19.1. The van der Waals surface area contributed by atoms with Crippen LogP contribution in [-0.4, -0.2) is 29.8 Å². The average Bonchev–Trinajstić information content (AvgIpc) is 3.53. The third-order valence-corrected chi connectivity index (χ3v) is 8.90. The molecule has 0 aromatic heterocycles. The van der Waals surface area contributed by atoms with Gasteiger partial charge in [-0.2, -0.15) is 0 Å². The van der Waals surface area contributed by atoms with Crippen LogP contribution >= 0.6 is 0 Å². The molecule has 2 fully saturated rings. The number of halogens is 1. The van der Waals surface area contributed by atoms with Gasteiger partial charge in [0, 0.05) is 29.1 Å². The van der Waals surface area contributed by atoms with Gasteiger partial charge in [0.2, 0.25) is 0 Å². The van der Waals surface area contributed by atoms with Crippen molar-refractivity contribution in [1.29, 1.82) is 0 Å². The fraction of sp³-hybridized carbons (Fsp3) is 0.344. The lowest BCUT2D eigenvalue weighted by Crippen LogP contribution is -2.50. The number of ketones is 1.